The first-order valence-electron chi connectivity index (χ1n) is 9.38. The molecule has 8 heteroatoms. The molecule has 0 fully saturated rings. The predicted molar refractivity (Wildman–Crippen MR) is 111 cm³/mol. The van der Waals surface area contributed by atoms with Crippen molar-refractivity contribution in [1.82, 2.24) is 4.90 Å². The van der Waals surface area contributed by atoms with E-state index in [2.05, 4.69) is 5.32 Å². The van der Waals surface area contributed by atoms with Gasteiger partial charge in [-0.15, -0.1) is 11.3 Å². The Balaban J connectivity index is 1.93. The summed E-state index contributed by atoms with van der Waals surface area (Å²) in [6.45, 7) is 6.63. The number of benzene rings is 1. The van der Waals surface area contributed by atoms with Crippen LogP contribution in [0.4, 0.5) is 9.80 Å². The van der Waals surface area contributed by atoms with E-state index in [1.54, 1.807) is 11.8 Å². The van der Waals surface area contributed by atoms with Crippen LogP contribution >= 0.6 is 11.3 Å². The van der Waals surface area contributed by atoms with E-state index in [1.807, 2.05) is 32.0 Å². The molecule has 3 rings (SSSR count). The second kappa shape index (κ2) is 8.65. The maximum Gasteiger partial charge on any atom is 0.410 e. The number of amides is 2. The van der Waals surface area contributed by atoms with Crippen molar-refractivity contribution in [3.05, 3.63) is 50.9 Å². The van der Waals surface area contributed by atoms with Crippen LogP contribution in [0.3, 0.4) is 0 Å². The Morgan fingerprint density at radius 2 is 2.00 bits per heavy atom. The van der Waals surface area contributed by atoms with Gasteiger partial charge >= 0.3 is 12.1 Å². The number of hydrogen-bond donors (Lipinski definition) is 1. The van der Waals surface area contributed by atoms with Crippen molar-refractivity contribution in [1.29, 1.82) is 0 Å². The minimum atomic E-state index is -0.497. The van der Waals surface area contributed by atoms with Crippen molar-refractivity contribution in [2.45, 2.75) is 33.7 Å². The molecule has 1 N–H and O–H groups in total. The van der Waals surface area contributed by atoms with E-state index in [9.17, 15) is 14.4 Å². The molecule has 1 aromatic heterocycles. The van der Waals surface area contributed by atoms with Crippen molar-refractivity contribution in [3.8, 4) is 0 Å². The summed E-state index contributed by atoms with van der Waals surface area (Å²) in [6.07, 6.45) is 0.112. The summed E-state index contributed by atoms with van der Waals surface area (Å²) in [4.78, 5) is 39.8. The highest BCUT2D eigenvalue weighted by atomic mass is 32.1. The van der Waals surface area contributed by atoms with E-state index in [-0.39, 0.29) is 12.0 Å². The molecule has 0 unspecified atom stereocenters. The maximum absolute atomic E-state index is 12.9. The first-order chi connectivity index (χ1) is 13.8. The van der Waals surface area contributed by atoms with Crippen molar-refractivity contribution in [3.63, 3.8) is 0 Å². The summed E-state index contributed by atoms with van der Waals surface area (Å²) < 4.78 is 10.0. The fourth-order valence-electron chi connectivity index (χ4n) is 3.33. The summed E-state index contributed by atoms with van der Waals surface area (Å²) in [6, 6.07) is 5.65. The Labute approximate surface area is 173 Å². The minimum absolute atomic E-state index is 0.280. The van der Waals surface area contributed by atoms with Crippen molar-refractivity contribution < 1.29 is 23.9 Å². The van der Waals surface area contributed by atoms with Gasteiger partial charge in [0.2, 0.25) is 0 Å². The van der Waals surface area contributed by atoms with Crippen LogP contribution in [0.2, 0.25) is 0 Å². The largest absolute Gasteiger partial charge is 0.465 e. The summed E-state index contributed by atoms with van der Waals surface area (Å²) in [7, 11) is 1.32. The number of aryl methyl sites for hydroxylation is 2. The molecule has 2 heterocycles. The van der Waals surface area contributed by atoms with E-state index < -0.39 is 5.97 Å². The molecular formula is C21H24N2O5S. The van der Waals surface area contributed by atoms with Crippen molar-refractivity contribution >= 4 is 34.3 Å². The molecule has 1 aromatic carbocycles. The number of rotatable bonds is 4. The average molecular weight is 416 g/mol. The number of anilines is 1. The first kappa shape index (κ1) is 20.9. The number of hydrogen-bond acceptors (Lipinski definition) is 6. The smallest absolute Gasteiger partial charge is 0.410 e. The van der Waals surface area contributed by atoms with Gasteiger partial charge < -0.3 is 19.7 Å². The quantitative estimate of drug-likeness (QED) is 0.764. The molecule has 2 aromatic rings. The average Bonchev–Trinajstić information content (AvgIpc) is 3.06. The van der Waals surface area contributed by atoms with E-state index in [0.29, 0.717) is 42.2 Å². The second-order valence-corrected chi connectivity index (χ2v) is 7.95. The monoisotopic (exact) mass is 416 g/mol. The minimum Gasteiger partial charge on any atom is -0.465 e. The number of esters is 1. The zero-order valence-corrected chi connectivity index (χ0v) is 17.8. The number of methoxy groups -OCH3 is 1. The molecule has 0 radical (unpaired) electrons. The number of fused-ring (bicyclic) bond motifs is 1. The lowest BCUT2D eigenvalue weighted by Gasteiger charge is -2.26. The standard InChI is InChI=1S/C21H24N2O5S/c1-5-28-21(26)23-9-8-14-16(11-23)29-19(17(14)20(25)27-4)22-18(24)15-10-12(2)6-7-13(15)3/h6-7,10H,5,8-9,11H2,1-4H3,(H,22,24). The lowest BCUT2D eigenvalue weighted by molar-refractivity contribution is 0.0600. The highest BCUT2D eigenvalue weighted by Gasteiger charge is 2.31. The summed E-state index contributed by atoms with van der Waals surface area (Å²) in [5.74, 6) is -0.777. The van der Waals surface area contributed by atoms with Gasteiger partial charge in [-0.25, -0.2) is 9.59 Å². The topological polar surface area (TPSA) is 84.9 Å². The molecule has 1 aliphatic rings. The van der Waals surface area contributed by atoms with Crippen LogP contribution in [-0.2, 0) is 22.4 Å². The van der Waals surface area contributed by atoms with Crippen LogP contribution in [0.15, 0.2) is 18.2 Å². The lowest BCUT2D eigenvalue weighted by atomic mass is 10.0. The zero-order chi connectivity index (χ0) is 21.1. The number of thiophene rings is 1. The van der Waals surface area contributed by atoms with Crippen LogP contribution < -0.4 is 5.32 Å². The number of carbonyl (C=O) groups excluding carboxylic acids is 3. The maximum atomic E-state index is 12.9. The van der Waals surface area contributed by atoms with E-state index in [4.69, 9.17) is 9.47 Å². The molecule has 0 bridgehead atoms. The van der Waals surface area contributed by atoms with Crippen LogP contribution in [0.5, 0.6) is 0 Å². The third-order valence-electron chi connectivity index (χ3n) is 4.84. The molecule has 7 nitrogen and oxygen atoms in total. The molecular weight excluding hydrogens is 392 g/mol. The molecule has 154 valence electrons. The molecule has 0 spiro atoms. The van der Waals surface area contributed by atoms with Gasteiger partial charge in [0.15, 0.2) is 0 Å². The Morgan fingerprint density at radius 3 is 2.69 bits per heavy atom. The highest BCUT2D eigenvalue weighted by molar-refractivity contribution is 7.17. The predicted octanol–water partition coefficient (Wildman–Crippen LogP) is 3.92. The molecule has 0 aliphatic carbocycles. The number of nitrogens with zero attached hydrogens (tertiary/aromatic N) is 1. The van der Waals surface area contributed by atoms with Gasteiger partial charge in [-0.3, -0.25) is 4.79 Å². The molecule has 29 heavy (non-hydrogen) atoms. The molecule has 0 atom stereocenters. The van der Waals surface area contributed by atoms with Crippen molar-refractivity contribution in [2.24, 2.45) is 0 Å². The van der Waals surface area contributed by atoms with Crippen LogP contribution in [0.25, 0.3) is 0 Å². The Morgan fingerprint density at radius 1 is 1.24 bits per heavy atom. The van der Waals surface area contributed by atoms with Gasteiger partial charge in [0, 0.05) is 17.0 Å². The SMILES string of the molecule is CCOC(=O)N1CCc2c(sc(NC(=O)c3cc(C)ccc3C)c2C(=O)OC)C1. The Bertz CT molecular complexity index is 966. The lowest BCUT2D eigenvalue weighted by Crippen LogP contribution is -2.36. The van der Waals surface area contributed by atoms with E-state index >= 15 is 0 Å². The van der Waals surface area contributed by atoms with Gasteiger partial charge in [-0.05, 0) is 44.4 Å². The zero-order valence-electron chi connectivity index (χ0n) is 17.0. The van der Waals surface area contributed by atoms with E-state index in [0.717, 1.165) is 21.6 Å². The molecule has 1 aliphatic heterocycles. The van der Waals surface area contributed by atoms with E-state index in [1.165, 1.54) is 18.4 Å². The third kappa shape index (κ3) is 4.27. The normalized spacial score (nSPS) is 12.9. The van der Waals surface area contributed by atoms with Crippen LogP contribution in [0, 0.1) is 13.8 Å². The Hall–Kier alpha value is -2.87. The molecule has 0 saturated carbocycles. The second-order valence-electron chi connectivity index (χ2n) is 6.84. The molecule has 2 amide bonds. The van der Waals surface area contributed by atoms with Gasteiger partial charge in [-0.1, -0.05) is 17.7 Å². The van der Waals surface area contributed by atoms with Crippen LogP contribution in [-0.4, -0.2) is 43.1 Å². The fraction of sp³-hybridized carbons (Fsp3) is 0.381. The van der Waals surface area contributed by atoms with Crippen LogP contribution in [0.1, 0.15) is 49.2 Å². The fourth-order valence-corrected chi connectivity index (χ4v) is 4.58. The molecule has 0 saturated heterocycles. The first-order valence-corrected chi connectivity index (χ1v) is 10.2. The van der Waals surface area contributed by atoms with Gasteiger partial charge in [0.05, 0.1) is 25.8 Å². The third-order valence-corrected chi connectivity index (χ3v) is 5.97. The summed E-state index contributed by atoms with van der Waals surface area (Å²) in [5, 5.41) is 3.32. The number of nitrogens with one attached hydrogen (secondary N) is 1. The number of ether oxygens (including phenoxy) is 2. The van der Waals surface area contributed by atoms with Gasteiger partial charge in [-0.2, -0.15) is 0 Å². The Kier molecular flexibility index (Phi) is 6.22. The van der Waals surface area contributed by atoms with Crippen molar-refractivity contribution in [2.75, 3.05) is 25.6 Å². The summed E-state index contributed by atoms with van der Waals surface area (Å²) in [5.41, 5.74) is 3.57. The highest BCUT2D eigenvalue weighted by Crippen LogP contribution is 2.38. The summed E-state index contributed by atoms with van der Waals surface area (Å²) >= 11 is 1.30. The van der Waals surface area contributed by atoms with Gasteiger partial charge in [0.25, 0.3) is 5.91 Å². The van der Waals surface area contributed by atoms with Gasteiger partial charge in [0.1, 0.15) is 5.00 Å². The number of carbonyl (C=O) groups is 3.